The van der Waals surface area contributed by atoms with Gasteiger partial charge in [0.05, 0.1) is 11.9 Å². The first-order chi connectivity index (χ1) is 6.57. The lowest BCUT2D eigenvalue weighted by Crippen LogP contribution is -2.25. The monoisotopic (exact) mass is 195 g/mol. The van der Waals surface area contributed by atoms with Gasteiger partial charge in [0.25, 0.3) is 0 Å². The quantitative estimate of drug-likeness (QED) is 0.417. The summed E-state index contributed by atoms with van der Waals surface area (Å²) in [6.07, 6.45) is 1.73. The number of nitrogens with two attached hydrogens (primary N) is 2. The number of hydrogen-bond acceptors (Lipinski definition) is 3. The predicted octanol–water partition coefficient (Wildman–Crippen LogP) is 0.445. The summed E-state index contributed by atoms with van der Waals surface area (Å²) in [5.74, 6) is 7.09. The van der Waals surface area contributed by atoms with Crippen LogP contribution in [0.15, 0.2) is 11.2 Å². The van der Waals surface area contributed by atoms with Gasteiger partial charge < -0.3 is 11.6 Å². The molecule has 1 aromatic heterocycles. The van der Waals surface area contributed by atoms with Crippen molar-refractivity contribution in [2.24, 2.45) is 10.7 Å². The molecule has 1 aromatic rings. The molecule has 0 bridgehead atoms. The van der Waals surface area contributed by atoms with Crippen LogP contribution in [0.2, 0.25) is 0 Å². The average molecular weight is 195 g/mol. The number of amidine groups is 1. The van der Waals surface area contributed by atoms with Gasteiger partial charge in [0.15, 0.2) is 11.7 Å². The largest absolute Gasteiger partial charge is 0.381 e. The Kier molecular flexibility index (Phi) is 3.11. The summed E-state index contributed by atoms with van der Waals surface area (Å²) in [6, 6.07) is 0. The van der Waals surface area contributed by atoms with Crippen LogP contribution >= 0.6 is 0 Å². The van der Waals surface area contributed by atoms with E-state index < -0.39 is 0 Å². The van der Waals surface area contributed by atoms with Crippen LogP contribution in [0.25, 0.3) is 0 Å². The second-order valence-corrected chi connectivity index (χ2v) is 3.39. The molecule has 78 valence electrons. The molecule has 0 aliphatic carbocycles. The fourth-order valence-corrected chi connectivity index (χ4v) is 1.23. The lowest BCUT2D eigenvalue weighted by molar-refractivity contribution is 0.765. The zero-order valence-corrected chi connectivity index (χ0v) is 8.86. The fraction of sp³-hybridized carbons (Fsp3) is 0.556. The van der Waals surface area contributed by atoms with Crippen LogP contribution in [0.4, 0.5) is 0 Å². The Morgan fingerprint density at radius 3 is 2.71 bits per heavy atom. The summed E-state index contributed by atoms with van der Waals surface area (Å²) in [6.45, 7) is 6.66. The molecule has 0 fully saturated rings. The molecular formula is C9H17N5. The van der Waals surface area contributed by atoms with E-state index in [4.69, 9.17) is 11.6 Å². The Balaban J connectivity index is 3.07. The highest BCUT2D eigenvalue weighted by Crippen LogP contribution is 2.12. The first kappa shape index (κ1) is 10.6. The van der Waals surface area contributed by atoms with Gasteiger partial charge >= 0.3 is 0 Å². The standard InChI is InChI=1S/C9H17N5/c1-4-12-8(10)9-13-5-7(6(2)3)14(9)11/h5-6H,4,11H2,1-3H3,(H2,10,12). The van der Waals surface area contributed by atoms with Gasteiger partial charge in [-0.05, 0) is 12.8 Å². The zero-order valence-electron chi connectivity index (χ0n) is 8.86. The van der Waals surface area contributed by atoms with E-state index in [-0.39, 0.29) is 0 Å². The summed E-state index contributed by atoms with van der Waals surface area (Å²) in [7, 11) is 0. The van der Waals surface area contributed by atoms with Crippen molar-refractivity contribution in [3.05, 3.63) is 17.7 Å². The number of hydrogen-bond donors (Lipinski definition) is 2. The van der Waals surface area contributed by atoms with Gasteiger partial charge in [-0.1, -0.05) is 13.8 Å². The van der Waals surface area contributed by atoms with Crippen LogP contribution in [0.1, 0.15) is 38.2 Å². The van der Waals surface area contributed by atoms with Crippen molar-refractivity contribution in [1.82, 2.24) is 9.66 Å². The van der Waals surface area contributed by atoms with Gasteiger partial charge in [0.1, 0.15) is 0 Å². The van der Waals surface area contributed by atoms with Crippen molar-refractivity contribution in [2.45, 2.75) is 26.7 Å². The molecule has 1 rings (SSSR count). The Labute approximate surface area is 83.8 Å². The molecule has 5 heteroatoms. The van der Waals surface area contributed by atoms with Crippen molar-refractivity contribution in [3.63, 3.8) is 0 Å². The maximum absolute atomic E-state index is 5.83. The van der Waals surface area contributed by atoms with Crippen LogP contribution < -0.4 is 11.6 Å². The van der Waals surface area contributed by atoms with Crippen molar-refractivity contribution < 1.29 is 0 Å². The van der Waals surface area contributed by atoms with E-state index in [1.807, 2.05) is 6.92 Å². The van der Waals surface area contributed by atoms with Crippen molar-refractivity contribution in [1.29, 1.82) is 0 Å². The van der Waals surface area contributed by atoms with E-state index >= 15 is 0 Å². The minimum absolute atomic E-state index is 0.329. The van der Waals surface area contributed by atoms with E-state index in [1.54, 1.807) is 6.20 Å². The molecule has 0 amide bonds. The van der Waals surface area contributed by atoms with Gasteiger partial charge in [0, 0.05) is 6.54 Å². The Morgan fingerprint density at radius 2 is 2.29 bits per heavy atom. The smallest absolute Gasteiger partial charge is 0.194 e. The third-order valence-electron chi connectivity index (χ3n) is 1.97. The Bertz CT molecular complexity index is 337. The van der Waals surface area contributed by atoms with Crippen LogP contribution in [-0.4, -0.2) is 22.0 Å². The maximum Gasteiger partial charge on any atom is 0.194 e. The zero-order chi connectivity index (χ0) is 10.7. The molecular weight excluding hydrogens is 178 g/mol. The summed E-state index contributed by atoms with van der Waals surface area (Å²) in [5.41, 5.74) is 6.66. The van der Waals surface area contributed by atoms with E-state index in [1.165, 1.54) is 4.68 Å². The molecule has 0 atom stereocenters. The number of nitrogens with zero attached hydrogens (tertiary/aromatic N) is 3. The molecule has 0 radical (unpaired) electrons. The van der Waals surface area contributed by atoms with E-state index in [0.29, 0.717) is 24.1 Å². The highest BCUT2D eigenvalue weighted by Gasteiger charge is 2.12. The molecule has 1 heterocycles. The van der Waals surface area contributed by atoms with Crippen LogP contribution in [-0.2, 0) is 0 Å². The van der Waals surface area contributed by atoms with E-state index in [0.717, 1.165) is 5.69 Å². The molecule has 0 aromatic carbocycles. The number of nitrogen functional groups attached to an aromatic ring is 1. The minimum Gasteiger partial charge on any atom is -0.381 e. The predicted molar refractivity (Wildman–Crippen MR) is 57.7 cm³/mol. The summed E-state index contributed by atoms with van der Waals surface area (Å²) >= 11 is 0. The lowest BCUT2D eigenvalue weighted by Gasteiger charge is -2.07. The first-order valence-corrected chi connectivity index (χ1v) is 4.70. The molecule has 0 aliphatic heterocycles. The number of aromatic nitrogens is 2. The minimum atomic E-state index is 0.329. The normalized spacial score (nSPS) is 12.4. The van der Waals surface area contributed by atoms with Gasteiger partial charge in [-0.3, -0.25) is 4.99 Å². The average Bonchev–Trinajstić information content (AvgIpc) is 2.47. The summed E-state index contributed by atoms with van der Waals surface area (Å²) < 4.78 is 1.50. The summed E-state index contributed by atoms with van der Waals surface area (Å²) in [4.78, 5) is 8.20. The van der Waals surface area contributed by atoms with E-state index in [2.05, 4.69) is 23.8 Å². The number of imidazole rings is 1. The third kappa shape index (κ3) is 1.86. The fourth-order valence-electron chi connectivity index (χ4n) is 1.23. The first-order valence-electron chi connectivity index (χ1n) is 4.70. The molecule has 14 heavy (non-hydrogen) atoms. The molecule has 4 N–H and O–H groups in total. The lowest BCUT2D eigenvalue weighted by atomic mass is 10.2. The topological polar surface area (TPSA) is 82.2 Å². The van der Waals surface area contributed by atoms with Gasteiger partial charge in [-0.2, -0.15) is 0 Å². The second-order valence-electron chi connectivity index (χ2n) is 3.39. The second kappa shape index (κ2) is 4.13. The van der Waals surface area contributed by atoms with Gasteiger partial charge in [-0.25, -0.2) is 9.66 Å². The van der Waals surface area contributed by atoms with Gasteiger partial charge in [-0.15, -0.1) is 0 Å². The molecule has 0 unspecified atom stereocenters. The van der Waals surface area contributed by atoms with Crippen molar-refractivity contribution in [2.75, 3.05) is 12.4 Å². The summed E-state index contributed by atoms with van der Waals surface area (Å²) in [5, 5.41) is 0. The Hall–Kier alpha value is -1.52. The van der Waals surface area contributed by atoms with Crippen molar-refractivity contribution in [3.8, 4) is 0 Å². The van der Waals surface area contributed by atoms with Crippen LogP contribution in [0.5, 0.6) is 0 Å². The van der Waals surface area contributed by atoms with Crippen molar-refractivity contribution >= 4 is 5.84 Å². The number of aliphatic imine (C=N–C) groups is 1. The molecule has 0 aliphatic rings. The van der Waals surface area contributed by atoms with Crippen LogP contribution in [0, 0.1) is 0 Å². The molecule has 0 spiro atoms. The Morgan fingerprint density at radius 1 is 1.64 bits per heavy atom. The molecule has 5 nitrogen and oxygen atoms in total. The number of rotatable bonds is 3. The SMILES string of the molecule is CC/N=C(/N)c1ncc(C(C)C)n1N. The highest BCUT2D eigenvalue weighted by molar-refractivity contribution is 5.94. The van der Waals surface area contributed by atoms with E-state index in [9.17, 15) is 0 Å². The molecule has 0 saturated heterocycles. The molecule has 0 saturated carbocycles. The third-order valence-corrected chi connectivity index (χ3v) is 1.97. The van der Waals surface area contributed by atoms with Gasteiger partial charge in [0.2, 0.25) is 0 Å². The van der Waals surface area contributed by atoms with Crippen LogP contribution in [0.3, 0.4) is 0 Å². The maximum atomic E-state index is 5.83. The highest BCUT2D eigenvalue weighted by atomic mass is 15.3.